The van der Waals surface area contributed by atoms with Crippen LogP contribution in [-0.2, 0) is 0 Å². The van der Waals surface area contributed by atoms with Crippen LogP contribution in [0.2, 0.25) is 0 Å². The van der Waals surface area contributed by atoms with Crippen molar-refractivity contribution in [2.24, 2.45) is 0 Å². The minimum Gasteiger partial charge on any atom is -0.478 e. The monoisotopic (exact) mass is 286 g/mol. The van der Waals surface area contributed by atoms with E-state index in [-0.39, 0.29) is 11.5 Å². The number of aryl methyl sites for hydroxylation is 1. The van der Waals surface area contributed by atoms with Crippen molar-refractivity contribution >= 4 is 17.3 Å². The molecule has 0 bridgehead atoms. The quantitative estimate of drug-likeness (QED) is 0.797. The summed E-state index contributed by atoms with van der Waals surface area (Å²) in [7, 11) is 0. The van der Waals surface area contributed by atoms with Gasteiger partial charge in [-0.1, -0.05) is 12.1 Å². The summed E-state index contributed by atoms with van der Waals surface area (Å²) in [5.74, 6) is -0.408. The van der Waals surface area contributed by atoms with Crippen molar-refractivity contribution in [2.75, 3.05) is 0 Å². The summed E-state index contributed by atoms with van der Waals surface area (Å²) in [4.78, 5) is 13.2. The zero-order valence-corrected chi connectivity index (χ0v) is 11.3. The molecule has 0 atom stereocenters. The van der Waals surface area contributed by atoms with Crippen molar-refractivity contribution in [1.29, 1.82) is 0 Å². The molecule has 0 spiro atoms. The minimum atomic E-state index is -1.02. The highest BCUT2D eigenvalue weighted by Crippen LogP contribution is 2.30. The first-order valence-electron chi connectivity index (χ1n) is 5.88. The Morgan fingerprint density at radius 1 is 1.15 bits per heavy atom. The zero-order chi connectivity index (χ0) is 14.1. The van der Waals surface area contributed by atoms with E-state index in [0.717, 1.165) is 9.75 Å². The smallest absolute Gasteiger partial charge is 0.336 e. The zero-order valence-electron chi connectivity index (χ0n) is 10.5. The number of carbonyl (C=O) groups is 1. The van der Waals surface area contributed by atoms with Crippen LogP contribution >= 0.6 is 11.3 Å². The van der Waals surface area contributed by atoms with Gasteiger partial charge in [0.25, 0.3) is 5.89 Å². The van der Waals surface area contributed by atoms with Gasteiger partial charge >= 0.3 is 5.97 Å². The van der Waals surface area contributed by atoms with Crippen LogP contribution in [0.4, 0.5) is 0 Å². The summed E-state index contributed by atoms with van der Waals surface area (Å²) in [6.45, 7) is 1.99. The van der Waals surface area contributed by atoms with Crippen molar-refractivity contribution in [1.82, 2.24) is 10.2 Å². The molecule has 1 N–H and O–H groups in total. The molecular formula is C14H10N2O3S. The average molecular weight is 286 g/mol. The van der Waals surface area contributed by atoms with Crippen molar-refractivity contribution < 1.29 is 14.3 Å². The lowest BCUT2D eigenvalue weighted by molar-refractivity contribution is 0.0697. The van der Waals surface area contributed by atoms with Crippen LogP contribution in [0.25, 0.3) is 22.2 Å². The summed E-state index contributed by atoms with van der Waals surface area (Å²) in [6, 6.07) is 10.4. The minimum absolute atomic E-state index is 0.144. The van der Waals surface area contributed by atoms with E-state index in [0.29, 0.717) is 11.5 Å². The Morgan fingerprint density at radius 3 is 2.60 bits per heavy atom. The Balaban J connectivity index is 2.05. The fourth-order valence-electron chi connectivity index (χ4n) is 1.84. The molecule has 20 heavy (non-hydrogen) atoms. The summed E-state index contributed by atoms with van der Waals surface area (Å²) in [5.41, 5.74) is 0.567. The Morgan fingerprint density at radius 2 is 1.90 bits per heavy atom. The number of rotatable bonds is 3. The van der Waals surface area contributed by atoms with Gasteiger partial charge in [0.05, 0.1) is 16.0 Å². The highest BCUT2D eigenvalue weighted by atomic mass is 32.1. The number of aromatic carboxylic acids is 1. The molecule has 0 amide bonds. The van der Waals surface area contributed by atoms with E-state index in [9.17, 15) is 4.79 Å². The maximum atomic E-state index is 11.2. The molecule has 0 aliphatic heterocycles. The number of benzene rings is 1. The van der Waals surface area contributed by atoms with Gasteiger partial charge in [0, 0.05) is 4.88 Å². The Hall–Kier alpha value is -2.47. The molecule has 0 radical (unpaired) electrons. The number of hydrogen-bond acceptors (Lipinski definition) is 5. The van der Waals surface area contributed by atoms with Gasteiger partial charge in [-0.2, -0.15) is 0 Å². The second-order valence-corrected chi connectivity index (χ2v) is 5.46. The first kappa shape index (κ1) is 12.6. The van der Waals surface area contributed by atoms with Crippen LogP contribution in [0, 0.1) is 6.92 Å². The second-order valence-electron chi connectivity index (χ2n) is 4.17. The van der Waals surface area contributed by atoms with Gasteiger partial charge in [-0.3, -0.25) is 0 Å². The van der Waals surface area contributed by atoms with Crippen LogP contribution in [0.15, 0.2) is 40.8 Å². The van der Waals surface area contributed by atoms with Crippen molar-refractivity contribution in [3.8, 4) is 22.2 Å². The molecule has 0 saturated heterocycles. The normalized spacial score (nSPS) is 10.7. The fourth-order valence-corrected chi connectivity index (χ4v) is 2.63. The second kappa shape index (κ2) is 4.90. The van der Waals surface area contributed by atoms with Gasteiger partial charge in [-0.15, -0.1) is 21.5 Å². The van der Waals surface area contributed by atoms with Gasteiger partial charge in [-0.25, -0.2) is 4.79 Å². The Kier molecular flexibility index (Phi) is 3.08. The van der Waals surface area contributed by atoms with Crippen LogP contribution in [0.3, 0.4) is 0 Å². The molecule has 5 nitrogen and oxygen atoms in total. The molecule has 0 aliphatic rings. The fraction of sp³-hybridized carbons (Fsp3) is 0.0714. The highest BCUT2D eigenvalue weighted by Gasteiger charge is 2.17. The molecule has 3 aromatic rings. The van der Waals surface area contributed by atoms with Gasteiger partial charge in [0.2, 0.25) is 5.89 Å². The van der Waals surface area contributed by atoms with E-state index < -0.39 is 5.97 Å². The standard InChI is InChI=1S/C14H10N2O3S/c1-8-6-7-11(20-8)13-16-15-12(19-13)9-4-2-3-5-10(9)14(17)18/h2-7H,1H3,(H,17,18). The number of thiophene rings is 1. The molecule has 0 aliphatic carbocycles. The summed E-state index contributed by atoms with van der Waals surface area (Å²) < 4.78 is 5.58. The third-order valence-corrected chi connectivity index (χ3v) is 3.75. The van der Waals surface area contributed by atoms with Crippen LogP contribution in [0.5, 0.6) is 0 Å². The summed E-state index contributed by atoms with van der Waals surface area (Å²) in [5, 5.41) is 17.1. The molecule has 1 aromatic carbocycles. The third kappa shape index (κ3) is 2.21. The molecule has 3 rings (SSSR count). The predicted molar refractivity (Wildman–Crippen MR) is 74.7 cm³/mol. The van der Waals surface area contributed by atoms with E-state index in [1.807, 2.05) is 19.1 Å². The number of aromatic nitrogens is 2. The molecule has 100 valence electrons. The van der Waals surface area contributed by atoms with Gasteiger partial charge < -0.3 is 9.52 Å². The number of carboxylic acid groups (broad SMARTS) is 1. The first-order chi connectivity index (χ1) is 9.65. The molecule has 0 unspecified atom stereocenters. The Bertz CT molecular complexity index is 776. The first-order valence-corrected chi connectivity index (χ1v) is 6.70. The van der Waals surface area contributed by atoms with Crippen molar-refractivity contribution in [2.45, 2.75) is 6.92 Å². The average Bonchev–Trinajstić information content (AvgIpc) is 3.07. The lowest BCUT2D eigenvalue weighted by atomic mass is 10.1. The molecule has 6 heteroatoms. The molecule has 0 saturated carbocycles. The third-order valence-electron chi connectivity index (χ3n) is 2.76. The van der Waals surface area contributed by atoms with E-state index in [1.54, 1.807) is 29.5 Å². The van der Waals surface area contributed by atoms with Crippen LogP contribution < -0.4 is 0 Å². The molecule has 0 fully saturated rings. The maximum Gasteiger partial charge on any atom is 0.336 e. The van der Waals surface area contributed by atoms with E-state index in [1.165, 1.54) is 6.07 Å². The summed E-state index contributed by atoms with van der Waals surface area (Å²) in [6.07, 6.45) is 0. The maximum absolute atomic E-state index is 11.2. The SMILES string of the molecule is Cc1ccc(-c2nnc(-c3ccccc3C(=O)O)o2)s1. The van der Waals surface area contributed by atoms with Crippen molar-refractivity contribution in [3.05, 3.63) is 46.8 Å². The van der Waals surface area contributed by atoms with Gasteiger partial charge in [-0.05, 0) is 31.2 Å². The number of hydrogen-bond donors (Lipinski definition) is 1. The largest absolute Gasteiger partial charge is 0.478 e. The number of carboxylic acids is 1. The lowest BCUT2D eigenvalue weighted by Gasteiger charge is -1.99. The van der Waals surface area contributed by atoms with E-state index in [2.05, 4.69) is 10.2 Å². The van der Waals surface area contributed by atoms with E-state index >= 15 is 0 Å². The molecule has 2 heterocycles. The predicted octanol–water partition coefficient (Wildman–Crippen LogP) is 3.47. The summed E-state index contributed by atoms with van der Waals surface area (Å²) >= 11 is 1.55. The lowest BCUT2D eigenvalue weighted by Crippen LogP contribution is -1.98. The topological polar surface area (TPSA) is 76.2 Å². The molecular weight excluding hydrogens is 276 g/mol. The Labute approximate surface area is 118 Å². The van der Waals surface area contributed by atoms with Gasteiger partial charge in [0.1, 0.15) is 0 Å². The van der Waals surface area contributed by atoms with Gasteiger partial charge in [0.15, 0.2) is 0 Å². The van der Waals surface area contributed by atoms with Crippen LogP contribution in [-0.4, -0.2) is 21.3 Å². The van der Waals surface area contributed by atoms with E-state index in [4.69, 9.17) is 9.52 Å². The van der Waals surface area contributed by atoms with Crippen molar-refractivity contribution in [3.63, 3.8) is 0 Å². The number of nitrogens with zero attached hydrogens (tertiary/aromatic N) is 2. The molecule has 2 aromatic heterocycles. The highest BCUT2D eigenvalue weighted by molar-refractivity contribution is 7.15. The van der Waals surface area contributed by atoms with Crippen LogP contribution in [0.1, 0.15) is 15.2 Å².